The molecule has 1 amide bonds. The number of hydrogen-bond acceptors (Lipinski definition) is 3. The number of rotatable bonds is 5. The Kier molecular flexibility index (Phi) is 4.63. The molecule has 0 radical (unpaired) electrons. The number of carboxylic acids is 1. The van der Waals surface area contributed by atoms with Gasteiger partial charge in [0.25, 0.3) is 0 Å². The Morgan fingerprint density at radius 2 is 2.12 bits per heavy atom. The number of carboxylic acid groups (broad SMARTS) is 1. The lowest BCUT2D eigenvalue weighted by atomic mass is 10.2. The summed E-state index contributed by atoms with van der Waals surface area (Å²) < 4.78 is 0. The van der Waals surface area contributed by atoms with Gasteiger partial charge in [-0.1, -0.05) is 6.07 Å². The zero-order valence-electron chi connectivity index (χ0n) is 10.0. The molecule has 0 aliphatic rings. The van der Waals surface area contributed by atoms with Crippen molar-refractivity contribution < 1.29 is 14.7 Å². The topological polar surface area (TPSA) is 70.5 Å². The van der Waals surface area contributed by atoms with Gasteiger partial charge in [-0.3, -0.25) is 14.6 Å². The van der Waals surface area contributed by atoms with Crippen LogP contribution in [0, 0.1) is 6.92 Å². The highest BCUT2D eigenvalue weighted by molar-refractivity contribution is 5.82. The molecule has 0 saturated heterocycles. The van der Waals surface area contributed by atoms with E-state index in [0.29, 0.717) is 6.54 Å². The van der Waals surface area contributed by atoms with Crippen LogP contribution >= 0.6 is 0 Å². The Bertz CT molecular complexity index is 401. The Balaban J connectivity index is 2.63. The fourth-order valence-corrected chi connectivity index (χ4v) is 1.43. The van der Waals surface area contributed by atoms with E-state index in [-0.39, 0.29) is 18.9 Å². The second kappa shape index (κ2) is 5.98. The number of pyridine rings is 1. The molecule has 1 aromatic rings. The number of carbonyl (C=O) groups excluding carboxylic acids is 1. The maximum atomic E-state index is 11.8. The largest absolute Gasteiger partial charge is 0.480 e. The van der Waals surface area contributed by atoms with Gasteiger partial charge in [-0.25, -0.2) is 0 Å². The van der Waals surface area contributed by atoms with Gasteiger partial charge in [0.1, 0.15) is 6.54 Å². The number of likely N-dealkylation sites (N-methyl/N-ethyl adjacent to an activating group) is 1. The summed E-state index contributed by atoms with van der Waals surface area (Å²) in [5.74, 6) is -1.19. The fourth-order valence-electron chi connectivity index (χ4n) is 1.43. The molecule has 0 saturated carbocycles. The van der Waals surface area contributed by atoms with Crippen molar-refractivity contribution in [2.75, 3.05) is 13.1 Å². The first-order valence-electron chi connectivity index (χ1n) is 5.44. The molecule has 1 aromatic heterocycles. The van der Waals surface area contributed by atoms with E-state index in [2.05, 4.69) is 4.98 Å². The summed E-state index contributed by atoms with van der Waals surface area (Å²) in [6.07, 6.45) is 1.83. The summed E-state index contributed by atoms with van der Waals surface area (Å²) in [6.45, 7) is 3.77. The van der Waals surface area contributed by atoms with E-state index in [1.807, 2.05) is 19.1 Å². The van der Waals surface area contributed by atoms with Crippen LogP contribution in [-0.2, 0) is 16.0 Å². The van der Waals surface area contributed by atoms with E-state index in [9.17, 15) is 9.59 Å². The summed E-state index contributed by atoms with van der Waals surface area (Å²) in [5, 5.41) is 8.66. The molecule has 5 heteroatoms. The van der Waals surface area contributed by atoms with Crippen LogP contribution in [0.5, 0.6) is 0 Å². The third-order valence-electron chi connectivity index (χ3n) is 2.39. The Morgan fingerprint density at radius 1 is 1.41 bits per heavy atom. The molecule has 0 aliphatic carbocycles. The maximum absolute atomic E-state index is 11.8. The van der Waals surface area contributed by atoms with Crippen LogP contribution in [0.2, 0.25) is 0 Å². The van der Waals surface area contributed by atoms with Gasteiger partial charge in [0.05, 0.1) is 6.42 Å². The number of aromatic nitrogens is 1. The van der Waals surface area contributed by atoms with E-state index in [1.54, 1.807) is 13.1 Å². The highest BCUT2D eigenvalue weighted by Crippen LogP contribution is 2.03. The molecule has 5 nitrogen and oxygen atoms in total. The van der Waals surface area contributed by atoms with Crippen molar-refractivity contribution >= 4 is 11.9 Å². The van der Waals surface area contributed by atoms with Crippen LogP contribution in [0.1, 0.15) is 18.2 Å². The van der Waals surface area contributed by atoms with Crippen LogP contribution < -0.4 is 0 Å². The van der Waals surface area contributed by atoms with Gasteiger partial charge < -0.3 is 10.0 Å². The van der Waals surface area contributed by atoms with Gasteiger partial charge in [0.15, 0.2) is 0 Å². The first-order chi connectivity index (χ1) is 8.02. The number of amides is 1. The molecule has 0 atom stereocenters. The van der Waals surface area contributed by atoms with Crippen molar-refractivity contribution in [3.05, 3.63) is 29.6 Å². The van der Waals surface area contributed by atoms with Crippen molar-refractivity contribution in [1.29, 1.82) is 0 Å². The monoisotopic (exact) mass is 236 g/mol. The third-order valence-corrected chi connectivity index (χ3v) is 2.39. The summed E-state index contributed by atoms with van der Waals surface area (Å²) in [4.78, 5) is 27.8. The van der Waals surface area contributed by atoms with Crippen LogP contribution in [0.15, 0.2) is 18.3 Å². The second-order valence-electron chi connectivity index (χ2n) is 3.79. The summed E-state index contributed by atoms with van der Waals surface area (Å²) in [6, 6.07) is 3.66. The van der Waals surface area contributed by atoms with E-state index in [0.717, 1.165) is 11.3 Å². The number of aliphatic carboxylic acids is 1. The van der Waals surface area contributed by atoms with Crippen molar-refractivity contribution in [2.45, 2.75) is 20.3 Å². The Hall–Kier alpha value is -1.91. The quantitative estimate of drug-likeness (QED) is 0.823. The summed E-state index contributed by atoms with van der Waals surface area (Å²) >= 11 is 0. The highest BCUT2D eigenvalue weighted by atomic mass is 16.4. The van der Waals surface area contributed by atoms with Gasteiger partial charge in [-0.2, -0.15) is 0 Å². The molecule has 0 aliphatic heterocycles. The Morgan fingerprint density at radius 3 is 2.59 bits per heavy atom. The molecule has 92 valence electrons. The van der Waals surface area contributed by atoms with E-state index in [4.69, 9.17) is 5.11 Å². The highest BCUT2D eigenvalue weighted by Gasteiger charge is 2.15. The smallest absolute Gasteiger partial charge is 0.323 e. The minimum atomic E-state index is -0.998. The van der Waals surface area contributed by atoms with Crippen molar-refractivity contribution in [3.8, 4) is 0 Å². The van der Waals surface area contributed by atoms with Crippen LogP contribution in [0.3, 0.4) is 0 Å². The average Bonchev–Trinajstić information content (AvgIpc) is 2.28. The molecule has 0 aromatic carbocycles. The maximum Gasteiger partial charge on any atom is 0.323 e. The molecular formula is C12H16N2O3. The molecule has 0 bridgehead atoms. The van der Waals surface area contributed by atoms with Crippen LogP contribution in [0.25, 0.3) is 0 Å². The number of hydrogen-bond donors (Lipinski definition) is 1. The van der Waals surface area contributed by atoms with Gasteiger partial charge in [0.2, 0.25) is 5.91 Å². The first kappa shape index (κ1) is 13.2. The van der Waals surface area contributed by atoms with E-state index < -0.39 is 5.97 Å². The molecule has 17 heavy (non-hydrogen) atoms. The lowest BCUT2D eigenvalue weighted by Crippen LogP contribution is -2.36. The van der Waals surface area contributed by atoms with Crippen LogP contribution in [0.4, 0.5) is 0 Å². The summed E-state index contributed by atoms with van der Waals surface area (Å²) in [5.41, 5.74) is 1.68. The zero-order chi connectivity index (χ0) is 12.8. The molecule has 0 fully saturated rings. The van der Waals surface area contributed by atoms with Gasteiger partial charge in [-0.15, -0.1) is 0 Å². The van der Waals surface area contributed by atoms with Gasteiger partial charge in [-0.05, 0) is 25.5 Å². The lowest BCUT2D eigenvalue weighted by molar-refractivity contribution is -0.144. The second-order valence-corrected chi connectivity index (χ2v) is 3.79. The third kappa shape index (κ3) is 4.22. The normalized spacial score (nSPS) is 10.0. The predicted octanol–water partition coefficient (Wildman–Crippen LogP) is 0.866. The van der Waals surface area contributed by atoms with Gasteiger partial charge in [0, 0.05) is 18.4 Å². The van der Waals surface area contributed by atoms with E-state index in [1.165, 1.54) is 4.90 Å². The molecule has 1 rings (SSSR count). The number of carbonyl (C=O) groups is 2. The predicted molar refractivity (Wildman–Crippen MR) is 62.6 cm³/mol. The molecule has 1 heterocycles. The van der Waals surface area contributed by atoms with Gasteiger partial charge >= 0.3 is 5.97 Å². The first-order valence-corrected chi connectivity index (χ1v) is 5.44. The number of nitrogens with zero attached hydrogens (tertiary/aromatic N) is 2. The van der Waals surface area contributed by atoms with E-state index >= 15 is 0 Å². The summed E-state index contributed by atoms with van der Waals surface area (Å²) in [7, 11) is 0. The molecular weight excluding hydrogens is 220 g/mol. The fraction of sp³-hybridized carbons (Fsp3) is 0.417. The van der Waals surface area contributed by atoms with Crippen molar-refractivity contribution in [2.24, 2.45) is 0 Å². The van der Waals surface area contributed by atoms with Crippen molar-refractivity contribution in [1.82, 2.24) is 9.88 Å². The number of aryl methyl sites for hydroxylation is 1. The molecule has 0 spiro atoms. The van der Waals surface area contributed by atoms with Crippen LogP contribution in [-0.4, -0.2) is 40.0 Å². The molecule has 0 unspecified atom stereocenters. The Labute approximate surface area is 100 Å². The standard InChI is InChI=1S/C12H16N2O3/c1-3-14(8-12(16)17)11(15)6-10-5-4-9(2)13-7-10/h4-5,7H,3,6,8H2,1-2H3,(H,16,17). The molecule has 1 N–H and O–H groups in total. The minimum Gasteiger partial charge on any atom is -0.480 e. The zero-order valence-corrected chi connectivity index (χ0v) is 10.0. The lowest BCUT2D eigenvalue weighted by Gasteiger charge is -2.18. The average molecular weight is 236 g/mol. The minimum absolute atomic E-state index is 0.189. The SMILES string of the molecule is CCN(CC(=O)O)C(=O)Cc1ccc(C)nc1. The van der Waals surface area contributed by atoms with Crippen molar-refractivity contribution in [3.63, 3.8) is 0 Å².